The Morgan fingerprint density at radius 3 is 2.38 bits per heavy atom. The molecule has 0 saturated heterocycles. The summed E-state index contributed by atoms with van der Waals surface area (Å²) in [5, 5.41) is 2.79. The Balaban J connectivity index is 2.12. The van der Waals surface area contributed by atoms with Crippen molar-refractivity contribution >= 4 is 21.6 Å². The van der Waals surface area contributed by atoms with Gasteiger partial charge in [0, 0.05) is 24.4 Å². The van der Waals surface area contributed by atoms with Gasteiger partial charge in [-0.1, -0.05) is 12.1 Å². The van der Waals surface area contributed by atoms with Crippen molar-refractivity contribution in [1.29, 1.82) is 0 Å². The zero-order valence-corrected chi connectivity index (χ0v) is 16.2. The Hall–Kier alpha value is -2.22. The van der Waals surface area contributed by atoms with Crippen LogP contribution in [-0.4, -0.2) is 34.1 Å². The number of aryl methyl sites for hydroxylation is 1. The third kappa shape index (κ3) is 4.91. The van der Waals surface area contributed by atoms with E-state index in [9.17, 15) is 13.2 Å². The molecule has 0 bridgehead atoms. The highest BCUT2D eigenvalue weighted by molar-refractivity contribution is 7.89. The van der Waals surface area contributed by atoms with Crippen LogP contribution >= 0.6 is 0 Å². The van der Waals surface area contributed by atoms with E-state index in [-0.39, 0.29) is 23.5 Å². The second-order valence-electron chi connectivity index (χ2n) is 6.20. The van der Waals surface area contributed by atoms with E-state index in [1.54, 1.807) is 25.1 Å². The van der Waals surface area contributed by atoms with Gasteiger partial charge in [0.25, 0.3) is 5.91 Å². The number of amides is 1. The molecule has 0 aromatic heterocycles. The first-order valence-electron chi connectivity index (χ1n) is 8.23. The van der Waals surface area contributed by atoms with E-state index in [1.807, 2.05) is 26.0 Å². The normalized spacial score (nSPS) is 12.6. The van der Waals surface area contributed by atoms with Crippen LogP contribution in [0.1, 0.15) is 28.4 Å². The van der Waals surface area contributed by atoms with Gasteiger partial charge in [0.1, 0.15) is 0 Å². The average Bonchev–Trinajstić information content (AvgIpc) is 2.57. The van der Waals surface area contributed by atoms with Gasteiger partial charge in [-0.2, -0.15) is 0 Å². The number of methoxy groups -OCH3 is 1. The molecule has 26 heavy (non-hydrogen) atoms. The molecular formula is C19H24N2O4S. The summed E-state index contributed by atoms with van der Waals surface area (Å²) in [5.41, 5.74) is 3.08. The lowest BCUT2D eigenvalue weighted by Gasteiger charge is -2.14. The Kier molecular flexibility index (Phi) is 6.52. The zero-order chi connectivity index (χ0) is 19.3. The summed E-state index contributed by atoms with van der Waals surface area (Å²) < 4.78 is 32.1. The molecule has 0 radical (unpaired) electrons. The standard InChI is InChI=1S/C19H24N2O4S/c1-13-6-5-7-18(15(13)3)19(22)20-16-8-10-17(11-9-16)26(23,24)21-14(2)12-25-4/h5-11,14,21H,12H2,1-4H3,(H,20,22). The lowest BCUT2D eigenvalue weighted by Crippen LogP contribution is -2.35. The van der Waals surface area contributed by atoms with Crippen LogP contribution in [0, 0.1) is 13.8 Å². The van der Waals surface area contributed by atoms with Gasteiger partial charge in [-0.3, -0.25) is 4.79 Å². The van der Waals surface area contributed by atoms with Crippen molar-refractivity contribution in [2.24, 2.45) is 0 Å². The molecule has 6 nitrogen and oxygen atoms in total. The molecular weight excluding hydrogens is 352 g/mol. The van der Waals surface area contributed by atoms with Gasteiger partial charge < -0.3 is 10.1 Å². The number of hydrogen-bond donors (Lipinski definition) is 2. The van der Waals surface area contributed by atoms with Crippen molar-refractivity contribution in [3.63, 3.8) is 0 Å². The van der Waals surface area contributed by atoms with Gasteiger partial charge in [-0.25, -0.2) is 13.1 Å². The maximum atomic E-state index is 12.4. The topological polar surface area (TPSA) is 84.5 Å². The van der Waals surface area contributed by atoms with Crippen LogP contribution in [0.3, 0.4) is 0 Å². The number of anilines is 1. The average molecular weight is 376 g/mol. The summed E-state index contributed by atoms with van der Waals surface area (Å²) in [6.45, 7) is 5.85. The molecule has 0 heterocycles. The van der Waals surface area contributed by atoms with Crippen LogP contribution < -0.4 is 10.0 Å². The molecule has 2 rings (SSSR count). The predicted octanol–water partition coefficient (Wildman–Crippen LogP) is 2.87. The van der Waals surface area contributed by atoms with Gasteiger partial charge >= 0.3 is 0 Å². The number of carbonyl (C=O) groups is 1. The molecule has 1 unspecified atom stereocenters. The van der Waals surface area contributed by atoms with E-state index in [0.717, 1.165) is 11.1 Å². The van der Waals surface area contributed by atoms with Gasteiger partial charge in [-0.15, -0.1) is 0 Å². The van der Waals surface area contributed by atoms with E-state index in [0.29, 0.717) is 11.3 Å². The van der Waals surface area contributed by atoms with Crippen LogP contribution in [-0.2, 0) is 14.8 Å². The number of sulfonamides is 1. The van der Waals surface area contributed by atoms with Crippen molar-refractivity contribution in [1.82, 2.24) is 4.72 Å². The molecule has 0 aliphatic rings. The molecule has 0 aliphatic carbocycles. The van der Waals surface area contributed by atoms with Crippen molar-refractivity contribution < 1.29 is 17.9 Å². The summed E-state index contributed by atoms with van der Waals surface area (Å²) >= 11 is 0. The van der Waals surface area contributed by atoms with Crippen molar-refractivity contribution in [2.45, 2.75) is 31.7 Å². The fourth-order valence-electron chi connectivity index (χ4n) is 2.53. The van der Waals surface area contributed by atoms with Crippen LogP contribution in [0.15, 0.2) is 47.4 Å². The summed E-state index contributed by atoms with van der Waals surface area (Å²) in [4.78, 5) is 12.6. The van der Waals surface area contributed by atoms with Gasteiger partial charge in [0.15, 0.2) is 0 Å². The van der Waals surface area contributed by atoms with E-state index >= 15 is 0 Å². The Morgan fingerprint density at radius 2 is 1.77 bits per heavy atom. The lowest BCUT2D eigenvalue weighted by molar-refractivity contribution is 0.102. The van der Waals surface area contributed by atoms with E-state index < -0.39 is 10.0 Å². The fourth-order valence-corrected chi connectivity index (χ4v) is 3.76. The maximum absolute atomic E-state index is 12.4. The molecule has 7 heteroatoms. The van der Waals surface area contributed by atoms with E-state index in [1.165, 1.54) is 19.2 Å². The van der Waals surface area contributed by atoms with Crippen molar-refractivity contribution in [3.8, 4) is 0 Å². The Morgan fingerprint density at radius 1 is 1.12 bits per heavy atom. The first kappa shape index (κ1) is 20.1. The van der Waals surface area contributed by atoms with Crippen LogP contribution in [0.4, 0.5) is 5.69 Å². The molecule has 2 aromatic carbocycles. The minimum atomic E-state index is -3.63. The predicted molar refractivity (Wildman–Crippen MR) is 102 cm³/mol. The summed E-state index contributed by atoms with van der Waals surface area (Å²) in [6, 6.07) is 11.3. The summed E-state index contributed by atoms with van der Waals surface area (Å²) in [5.74, 6) is -0.228. The molecule has 1 atom stereocenters. The maximum Gasteiger partial charge on any atom is 0.255 e. The summed E-state index contributed by atoms with van der Waals surface area (Å²) in [7, 11) is -2.12. The number of ether oxygens (including phenoxy) is 1. The first-order valence-corrected chi connectivity index (χ1v) is 9.72. The Bertz CT molecular complexity index is 877. The minimum absolute atomic E-state index is 0.130. The van der Waals surface area contributed by atoms with Gasteiger partial charge in [0.2, 0.25) is 10.0 Å². The summed E-state index contributed by atoms with van der Waals surface area (Å²) in [6.07, 6.45) is 0. The molecule has 1 amide bonds. The van der Waals surface area contributed by atoms with Crippen LogP contribution in [0.2, 0.25) is 0 Å². The smallest absolute Gasteiger partial charge is 0.255 e. The molecule has 140 valence electrons. The lowest BCUT2D eigenvalue weighted by atomic mass is 10.0. The van der Waals surface area contributed by atoms with Crippen LogP contribution in [0.5, 0.6) is 0 Å². The number of rotatable bonds is 7. The highest BCUT2D eigenvalue weighted by atomic mass is 32.2. The minimum Gasteiger partial charge on any atom is -0.383 e. The third-order valence-electron chi connectivity index (χ3n) is 4.04. The molecule has 0 spiro atoms. The number of carbonyl (C=O) groups excluding carboxylic acids is 1. The number of hydrogen-bond acceptors (Lipinski definition) is 4. The number of benzene rings is 2. The number of nitrogens with one attached hydrogen (secondary N) is 2. The molecule has 2 aromatic rings. The van der Waals surface area contributed by atoms with E-state index in [4.69, 9.17) is 4.74 Å². The first-order chi connectivity index (χ1) is 12.2. The Labute approximate surface area is 154 Å². The fraction of sp³-hybridized carbons (Fsp3) is 0.316. The quantitative estimate of drug-likeness (QED) is 0.778. The highest BCUT2D eigenvalue weighted by Crippen LogP contribution is 2.18. The second-order valence-corrected chi connectivity index (χ2v) is 7.92. The largest absolute Gasteiger partial charge is 0.383 e. The molecule has 2 N–H and O–H groups in total. The van der Waals surface area contributed by atoms with Gasteiger partial charge in [-0.05, 0) is 62.2 Å². The van der Waals surface area contributed by atoms with Crippen LogP contribution in [0.25, 0.3) is 0 Å². The SMILES string of the molecule is COCC(C)NS(=O)(=O)c1ccc(NC(=O)c2cccc(C)c2C)cc1. The third-order valence-corrected chi connectivity index (χ3v) is 5.65. The second kappa shape index (κ2) is 8.44. The van der Waals surface area contributed by atoms with Crippen molar-refractivity contribution in [3.05, 3.63) is 59.2 Å². The zero-order valence-electron chi connectivity index (χ0n) is 15.4. The molecule has 0 aliphatic heterocycles. The van der Waals surface area contributed by atoms with Gasteiger partial charge in [0.05, 0.1) is 11.5 Å². The molecule has 0 saturated carbocycles. The monoisotopic (exact) mass is 376 g/mol. The highest BCUT2D eigenvalue weighted by Gasteiger charge is 2.17. The van der Waals surface area contributed by atoms with Crippen molar-refractivity contribution in [2.75, 3.05) is 19.0 Å². The molecule has 0 fully saturated rings. The van der Waals surface area contributed by atoms with E-state index in [2.05, 4.69) is 10.0 Å².